The topological polar surface area (TPSA) is 75.5 Å². The summed E-state index contributed by atoms with van der Waals surface area (Å²) in [6.07, 6.45) is 0. The van der Waals surface area contributed by atoms with Crippen molar-refractivity contribution in [2.45, 2.75) is 20.0 Å². The SMILES string of the molecule is COc1cc(C)nc(N2Cc3ccc(C(=O)O)cc3C2)n1. The van der Waals surface area contributed by atoms with Crippen LogP contribution in [0.3, 0.4) is 0 Å². The van der Waals surface area contributed by atoms with Gasteiger partial charge in [0, 0.05) is 24.8 Å². The molecule has 2 aromatic rings. The molecule has 0 fully saturated rings. The van der Waals surface area contributed by atoms with E-state index in [1.807, 2.05) is 17.9 Å². The number of ether oxygens (including phenoxy) is 1. The molecule has 1 aliphatic heterocycles. The van der Waals surface area contributed by atoms with E-state index in [0.717, 1.165) is 16.8 Å². The largest absolute Gasteiger partial charge is 0.481 e. The first kappa shape index (κ1) is 13.4. The van der Waals surface area contributed by atoms with Gasteiger partial charge in [0.1, 0.15) is 0 Å². The maximum atomic E-state index is 11.0. The molecule has 0 unspecified atom stereocenters. The van der Waals surface area contributed by atoms with Crippen LogP contribution in [0.5, 0.6) is 5.88 Å². The molecule has 0 saturated heterocycles. The van der Waals surface area contributed by atoms with E-state index in [1.54, 1.807) is 25.3 Å². The smallest absolute Gasteiger partial charge is 0.335 e. The summed E-state index contributed by atoms with van der Waals surface area (Å²) < 4.78 is 5.17. The number of aryl methyl sites for hydroxylation is 1. The summed E-state index contributed by atoms with van der Waals surface area (Å²) in [5.41, 5.74) is 3.24. The van der Waals surface area contributed by atoms with Gasteiger partial charge in [-0.25, -0.2) is 9.78 Å². The number of fused-ring (bicyclic) bond motifs is 1. The van der Waals surface area contributed by atoms with Crippen molar-refractivity contribution < 1.29 is 14.6 Å². The molecule has 1 N–H and O–H groups in total. The Labute approximate surface area is 122 Å². The Bertz CT molecular complexity index is 715. The minimum atomic E-state index is -0.912. The number of anilines is 1. The number of benzene rings is 1. The molecule has 6 nitrogen and oxygen atoms in total. The molecule has 0 amide bonds. The van der Waals surface area contributed by atoms with Gasteiger partial charge in [0.15, 0.2) is 0 Å². The highest BCUT2D eigenvalue weighted by Crippen LogP contribution is 2.28. The second kappa shape index (κ2) is 5.05. The molecule has 0 spiro atoms. The number of carboxylic acid groups (broad SMARTS) is 1. The first-order valence-corrected chi connectivity index (χ1v) is 6.56. The number of hydrogen-bond acceptors (Lipinski definition) is 5. The van der Waals surface area contributed by atoms with Gasteiger partial charge in [0.2, 0.25) is 11.8 Å². The monoisotopic (exact) mass is 285 g/mol. The fourth-order valence-electron chi connectivity index (χ4n) is 2.44. The normalized spacial score (nSPS) is 13.1. The summed E-state index contributed by atoms with van der Waals surface area (Å²) in [6.45, 7) is 3.16. The number of carboxylic acids is 1. The highest BCUT2D eigenvalue weighted by atomic mass is 16.5. The molecule has 1 aromatic heterocycles. The van der Waals surface area contributed by atoms with Crippen LogP contribution < -0.4 is 9.64 Å². The fourth-order valence-corrected chi connectivity index (χ4v) is 2.44. The molecule has 21 heavy (non-hydrogen) atoms. The van der Waals surface area contributed by atoms with Gasteiger partial charge in [0.25, 0.3) is 0 Å². The Morgan fingerprint density at radius 2 is 2.00 bits per heavy atom. The van der Waals surface area contributed by atoms with E-state index >= 15 is 0 Å². The predicted octanol–water partition coefficient (Wildman–Crippen LogP) is 2.01. The zero-order chi connectivity index (χ0) is 15.0. The minimum Gasteiger partial charge on any atom is -0.481 e. The van der Waals surface area contributed by atoms with Crippen LogP contribution in [0.4, 0.5) is 5.95 Å². The summed E-state index contributed by atoms with van der Waals surface area (Å²) in [4.78, 5) is 21.8. The summed E-state index contributed by atoms with van der Waals surface area (Å²) in [5.74, 6) is 0.212. The Morgan fingerprint density at radius 3 is 2.71 bits per heavy atom. The molecule has 1 aromatic carbocycles. The number of methoxy groups -OCH3 is 1. The molecule has 0 saturated carbocycles. The summed E-state index contributed by atoms with van der Waals surface area (Å²) in [5, 5.41) is 9.05. The quantitative estimate of drug-likeness (QED) is 0.929. The average molecular weight is 285 g/mol. The molecule has 0 atom stereocenters. The molecular formula is C15H15N3O3. The van der Waals surface area contributed by atoms with E-state index in [-0.39, 0.29) is 0 Å². The molecular weight excluding hydrogens is 270 g/mol. The van der Waals surface area contributed by atoms with Crippen molar-refractivity contribution in [2.75, 3.05) is 12.0 Å². The van der Waals surface area contributed by atoms with E-state index in [4.69, 9.17) is 9.84 Å². The average Bonchev–Trinajstić information content (AvgIpc) is 2.89. The standard InChI is InChI=1S/C15H15N3O3/c1-9-5-13(21-2)17-15(16-9)18-7-11-4-3-10(14(19)20)6-12(11)8-18/h3-6H,7-8H2,1-2H3,(H,19,20). The van der Waals surface area contributed by atoms with Crippen molar-refractivity contribution in [1.29, 1.82) is 0 Å². The van der Waals surface area contributed by atoms with E-state index in [0.29, 0.717) is 30.5 Å². The van der Waals surface area contributed by atoms with Crippen LogP contribution in [-0.4, -0.2) is 28.2 Å². The highest BCUT2D eigenvalue weighted by molar-refractivity contribution is 5.88. The van der Waals surface area contributed by atoms with Crippen LogP contribution >= 0.6 is 0 Å². The molecule has 0 aliphatic carbocycles. The number of hydrogen-bond donors (Lipinski definition) is 1. The van der Waals surface area contributed by atoms with Crippen LogP contribution in [0.2, 0.25) is 0 Å². The summed E-state index contributed by atoms with van der Waals surface area (Å²) >= 11 is 0. The highest BCUT2D eigenvalue weighted by Gasteiger charge is 2.23. The molecule has 2 heterocycles. The van der Waals surface area contributed by atoms with Crippen molar-refractivity contribution in [2.24, 2.45) is 0 Å². The van der Waals surface area contributed by atoms with Gasteiger partial charge in [-0.05, 0) is 30.2 Å². The van der Waals surface area contributed by atoms with Crippen molar-refractivity contribution in [3.05, 3.63) is 46.6 Å². The van der Waals surface area contributed by atoms with E-state index in [2.05, 4.69) is 9.97 Å². The van der Waals surface area contributed by atoms with Crippen molar-refractivity contribution in [1.82, 2.24) is 9.97 Å². The zero-order valence-electron chi connectivity index (χ0n) is 11.8. The number of aromatic nitrogens is 2. The van der Waals surface area contributed by atoms with E-state index in [1.165, 1.54) is 0 Å². The number of nitrogens with zero attached hydrogens (tertiary/aromatic N) is 3. The van der Waals surface area contributed by atoms with Crippen molar-refractivity contribution in [3.63, 3.8) is 0 Å². The number of carbonyl (C=O) groups is 1. The van der Waals surface area contributed by atoms with Gasteiger partial charge in [-0.2, -0.15) is 4.98 Å². The van der Waals surface area contributed by atoms with Crippen LogP contribution in [0.1, 0.15) is 27.2 Å². The lowest BCUT2D eigenvalue weighted by atomic mass is 10.1. The van der Waals surface area contributed by atoms with Gasteiger partial charge < -0.3 is 14.7 Å². The second-order valence-corrected chi connectivity index (χ2v) is 5.00. The van der Waals surface area contributed by atoms with Crippen LogP contribution in [0.15, 0.2) is 24.3 Å². The molecule has 6 heteroatoms. The Kier molecular flexibility index (Phi) is 3.21. The summed E-state index contributed by atoms with van der Waals surface area (Å²) in [7, 11) is 1.57. The second-order valence-electron chi connectivity index (χ2n) is 5.00. The van der Waals surface area contributed by atoms with Crippen LogP contribution in [-0.2, 0) is 13.1 Å². The predicted molar refractivity (Wildman–Crippen MR) is 76.6 cm³/mol. The molecule has 108 valence electrons. The van der Waals surface area contributed by atoms with Gasteiger partial charge in [-0.15, -0.1) is 0 Å². The summed E-state index contributed by atoms with van der Waals surface area (Å²) in [6, 6.07) is 6.97. The van der Waals surface area contributed by atoms with Gasteiger partial charge in [0.05, 0.1) is 12.7 Å². The van der Waals surface area contributed by atoms with E-state index < -0.39 is 5.97 Å². The first-order valence-electron chi connectivity index (χ1n) is 6.56. The minimum absolute atomic E-state index is 0.304. The lowest BCUT2D eigenvalue weighted by Crippen LogP contribution is -2.18. The number of aromatic carboxylic acids is 1. The zero-order valence-corrected chi connectivity index (χ0v) is 11.8. The van der Waals surface area contributed by atoms with Gasteiger partial charge in [-0.3, -0.25) is 0 Å². The third-order valence-corrected chi connectivity index (χ3v) is 3.49. The molecule has 0 radical (unpaired) electrons. The molecule has 3 rings (SSSR count). The van der Waals surface area contributed by atoms with Crippen LogP contribution in [0, 0.1) is 6.92 Å². The Hall–Kier alpha value is -2.63. The Morgan fingerprint density at radius 1 is 1.24 bits per heavy atom. The lowest BCUT2D eigenvalue weighted by molar-refractivity contribution is 0.0697. The number of rotatable bonds is 3. The van der Waals surface area contributed by atoms with E-state index in [9.17, 15) is 4.79 Å². The first-order chi connectivity index (χ1) is 10.1. The molecule has 0 bridgehead atoms. The van der Waals surface area contributed by atoms with Gasteiger partial charge in [-0.1, -0.05) is 6.07 Å². The molecule has 1 aliphatic rings. The Balaban J connectivity index is 1.90. The lowest BCUT2D eigenvalue weighted by Gasteiger charge is -2.16. The maximum Gasteiger partial charge on any atom is 0.335 e. The third kappa shape index (κ3) is 2.52. The van der Waals surface area contributed by atoms with Crippen molar-refractivity contribution >= 4 is 11.9 Å². The third-order valence-electron chi connectivity index (χ3n) is 3.49. The fraction of sp³-hybridized carbons (Fsp3) is 0.267. The van der Waals surface area contributed by atoms with Gasteiger partial charge >= 0.3 is 5.97 Å². The van der Waals surface area contributed by atoms with Crippen molar-refractivity contribution in [3.8, 4) is 5.88 Å². The van der Waals surface area contributed by atoms with Crippen LogP contribution in [0.25, 0.3) is 0 Å². The maximum absolute atomic E-state index is 11.0.